The quantitative estimate of drug-likeness (QED) is 0.495. The molecule has 0 aromatic heterocycles. The van der Waals surface area contributed by atoms with Gasteiger partial charge in [-0.15, -0.1) is 0 Å². The number of fused-ring (bicyclic) bond motifs is 1. The lowest BCUT2D eigenvalue weighted by molar-refractivity contribution is -0.120. The maximum absolute atomic E-state index is 11.2. The van der Waals surface area contributed by atoms with Crippen LogP contribution < -0.4 is 16.0 Å². The molecule has 0 radical (unpaired) electrons. The SMILES string of the molecule is CNC(=O)CCCCC1SCC2NC(=O)NC21. The highest BCUT2D eigenvalue weighted by molar-refractivity contribution is 8.00. The van der Waals surface area contributed by atoms with Gasteiger partial charge in [0.05, 0.1) is 12.1 Å². The van der Waals surface area contributed by atoms with Gasteiger partial charge in [-0.05, 0) is 12.8 Å². The zero-order valence-electron chi connectivity index (χ0n) is 9.99. The summed E-state index contributed by atoms with van der Waals surface area (Å²) in [6.07, 6.45) is 3.65. The number of hydrogen-bond donors (Lipinski definition) is 3. The molecule has 2 aliphatic rings. The van der Waals surface area contributed by atoms with Gasteiger partial charge >= 0.3 is 6.03 Å². The lowest BCUT2D eigenvalue weighted by Crippen LogP contribution is -2.36. The zero-order chi connectivity index (χ0) is 12.3. The molecule has 6 heteroatoms. The summed E-state index contributed by atoms with van der Waals surface area (Å²) in [7, 11) is 1.67. The van der Waals surface area contributed by atoms with E-state index in [1.165, 1.54) is 0 Å². The van der Waals surface area contributed by atoms with Gasteiger partial charge in [0.25, 0.3) is 0 Å². The third kappa shape index (κ3) is 3.06. The van der Waals surface area contributed by atoms with Gasteiger partial charge < -0.3 is 16.0 Å². The summed E-state index contributed by atoms with van der Waals surface area (Å²) in [5, 5.41) is 9.03. The normalized spacial score (nSPS) is 30.6. The van der Waals surface area contributed by atoms with E-state index in [0.29, 0.717) is 17.7 Å². The second-order valence-corrected chi connectivity index (χ2v) is 5.81. The van der Waals surface area contributed by atoms with Gasteiger partial charge in [0.1, 0.15) is 0 Å². The van der Waals surface area contributed by atoms with Crippen LogP contribution in [0.2, 0.25) is 0 Å². The molecule has 5 nitrogen and oxygen atoms in total. The molecule has 0 bridgehead atoms. The van der Waals surface area contributed by atoms with Crippen LogP contribution in [0.3, 0.4) is 0 Å². The number of hydrogen-bond acceptors (Lipinski definition) is 3. The van der Waals surface area contributed by atoms with E-state index in [1.807, 2.05) is 11.8 Å². The Hall–Kier alpha value is -0.910. The maximum Gasteiger partial charge on any atom is 0.315 e. The second-order valence-electron chi connectivity index (χ2n) is 4.54. The van der Waals surface area contributed by atoms with Crippen LogP contribution in [0.5, 0.6) is 0 Å². The minimum absolute atomic E-state index is 0.0318. The van der Waals surface area contributed by atoms with E-state index in [9.17, 15) is 9.59 Å². The van der Waals surface area contributed by atoms with E-state index in [0.717, 1.165) is 25.0 Å². The zero-order valence-corrected chi connectivity index (χ0v) is 10.8. The number of nitrogens with one attached hydrogen (secondary N) is 3. The lowest BCUT2D eigenvalue weighted by atomic mass is 10.0. The number of urea groups is 1. The summed E-state index contributed by atoms with van der Waals surface area (Å²) < 4.78 is 0. The molecule has 0 spiro atoms. The molecule has 3 atom stereocenters. The highest BCUT2D eigenvalue weighted by Crippen LogP contribution is 2.33. The van der Waals surface area contributed by atoms with Gasteiger partial charge in [-0.25, -0.2) is 4.79 Å². The molecule has 96 valence electrons. The first kappa shape index (κ1) is 12.5. The van der Waals surface area contributed by atoms with E-state index in [1.54, 1.807) is 7.05 Å². The van der Waals surface area contributed by atoms with Gasteiger partial charge in [0.2, 0.25) is 5.91 Å². The molecule has 17 heavy (non-hydrogen) atoms. The van der Waals surface area contributed by atoms with Crippen LogP contribution in [0.4, 0.5) is 4.79 Å². The first-order chi connectivity index (χ1) is 8.20. The molecule has 2 aliphatic heterocycles. The molecule has 3 N–H and O–H groups in total. The smallest absolute Gasteiger partial charge is 0.315 e. The molecule has 3 amide bonds. The fraction of sp³-hybridized carbons (Fsp3) is 0.818. The highest BCUT2D eigenvalue weighted by atomic mass is 32.2. The van der Waals surface area contributed by atoms with Crippen molar-refractivity contribution in [1.29, 1.82) is 0 Å². The molecular weight excluding hydrogens is 238 g/mol. The van der Waals surface area contributed by atoms with Crippen molar-refractivity contribution < 1.29 is 9.59 Å². The molecule has 0 aliphatic carbocycles. The molecular formula is C11H19N3O2S. The number of carbonyl (C=O) groups excluding carboxylic acids is 2. The average Bonchev–Trinajstić information content (AvgIpc) is 2.84. The van der Waals surface area contributed by atoms with Crippen molar-refractivity contribution >= 4 is 23.7 Å². The van der Waals surface area contributed by atoms with Crippen LogP contribution in [0.15, 0.2) is 0 Å². The van der Waals surface area contributed by atoms with Crippen molar-refractivity contribution in [1.82, 2.24) is 16.0 Å². The van der Waals surface area contributed by atoms with Gasteiger partial charge in [-0.2, -0.15) is 11.8 Å². The fourth-order valence-electron chi connectivity index (χ4n) is 2.40. The Labute approximate surface area is 105 Å². The number of thioether (sulfide) groups is 1. The van der Waals surface area contributed by atoms with Gasteiger partial charge in [-0.3, -0.25) is 4.79 Å². The summed E-state index contributed by atoms with van der Waals surface area (Å²) in [4.78, 5) is 22.2. The Morgan fingerprint density at radius 1 is 1.47 bits per heavy atom. The van der Waals surface area contributed by atoms with Crippen LogP contribution in [-0.4, -0.2) is 42.1 Å². The third-order valence-electron chi connectivity index (χ3n) is 3.36. The number of unbranched alkanes of at least 4 members (excludes halogenated alkanes) is 1. The first-order valence-electron chi connectivity index (χ1n) is 6.10. The third-order valence-corrected chi connectivity index (χ3v) is 4.87. The molecule has 2 rings (SSSR count). The standard InChI is InChI=1S/C11H19N3O2S/c1-12-9(15)5-3-2-4-8-10-7(6-17-8)13-11(16)14-10/h7-8,10H,2-6H2,1H3,(H,12,15)(H2,13,14,16). The molecule has 0 saturated carbocycles. The summed E-state index contributed by atoms with van der Waals surface area (Å²) in [5.41, 5.74) is 0. The van der Waals surface area contributed by atoms with E-state index in [2.05, 4.69) is 16.0 Å². The van der Waals surface area contributed by atoms with E-state index >= 15 is 0 Å². The predicted octanol–water partition coefficient (Wildman–Crippen LogP) is 0.458. The number of amides is 3. The number of carbonyl (C=O) groups is 2. The molecule has 2 fully saturated rings. The second kappa shape index (κ2) is 5.62. The molecule has 2 heterocycles. The highest BCUT2D eigenvalue weighted by Gasteiger charge is 2.42. The molecule has 0 aromatic carbocycles. The van der Waals surface area contributed by atoms with Gasteiger partial charge in [-0.1, -0.05) is 6.42 Å². The average molecular weight is 257 g/mol. The van der Waals surface area contributed by atoms with Crippen molar-refractivity contribution in [3.8, 4) is 0 Å². The summed E-state index contributed by atoms with van der Waals surface area (Å²) in [6.45, 7) is 0. The van der Waals surface area contributed by atoms with Crippen LogP contribution in [0.25, 0.3) is 0 Å². The Kier molecular flexibility index (Phi) is 4.15. The van der Waals surface area contributed by atoms with Crippen molar-refractivity contribution in [3.63, 3.8) is 0 Å². The van der Waals surface area contributed by atoms with Crippen LogP contribution >= 0.6 is 11.8 Å². The fourth-order valence-corrected chi connectivity index (χ4v) is 3.94. The molecule has 2 saturated heterocycles. The predicted molar refractivity (Wildman–Crippen MR) is 68.0 cm³/mol. The van der Waals surface area contributed by atoms with Crippen molar-refractivity contribution in [2.75, 3.05) is 12.8 Å². The Morgan fingerprint density at radius 2 is 2.29 bits per heavy atom. The van der Waals surface area contributed by atoms with Crippen LogP contribution in [0.1, 0.15) is 25.7 Å². The van der Waals surface area contributed by atoms with Crippen LogP contribution in [0, 0.1) is 0 Å². The van der Waals surface area contributed by atoms with Crippen LogP contribution in [-0.2, 0) is 4.79 Å². The van der Waals surface area contributed by atoms with E-state index < -0.39 is 0 Å². The topological polar surface area (TPSA) is 70.2 Å². The Morgan fingerprint density at radius 3 is 3.06 bits per heavy atom. The van der Waals surface area contributed by atoms with E-state index in [-0.39, 0.29) is 18.0 Å². The minimum Gasteiger partial charge on any atom is -0.359 e. The van der Waals surface area contributed by atoms with Crippen molar-refractivity contribution in [3.05, 3.63) is 0 Å². The molecule has 3 unspecified atom stereocenters. The van der Waals surface area contributed by atoms with E-state index in [4.69, 9.17) is 0 Å². The van der Waals surface area contributed by atoms with Crippen molar-refractivity contribution in [2.24, 2.45) is 0 Å². The Bertz CT molecular complexity index is 311. The summed E-state index contributed by atoms with van der Waals surface area (Å²) in [6, 6.07) is 0.555. The monoisotopic (exact) mass is 257 g/mol. The Balaban J connectivity index is 1.66. The van der Waals surface area contributed by atoms with Gasteiger partial charge in [0.15, 0.2) is 0 Å². The maximum atomic E-state index is 11.2. The van der Waals surface area contributed by atoms with Gasteiger partial charge in [0, 0.05) is 24.5 Å². The largest absolute Gasteiger partial charge is 0.359 e. The summed E-state index contributed by atoms with van der Waals surface area (Å²) >= 11 is 1.92. The minimum atomic E-state index is -0.0318. The number of rotatable bonds is 5. The molecule has 0 aromatic rings. The van der Waals surface area contributed by atoms with Crippen molar-refractivity contribution in [2.45, 2.75) is 43.0 Å². The lowest BCUT2D eigenvalue weighted by Gasteiger charge is -2.16. The first-order valence-corrected chi connectivity index (χ1v) is 7.15. The summed E-state index contributed by atoms with van der Waals surface area (Å²) in [5.74, 6) is 1.11.